The van der Waals surface area contributed by atoms with Gasteiger partial charge in [-0.3, -0.25) is 9.55 Å². The average Bonchev–Trinajstić information content (AvgIpc) is 2.94. The van der Waals surface area contributed by atoms with E-state index in [0.29, 0.717) is 12.1 Å². The third-order valence-corrected chi connectivity index (χ3v) is 3.52. The highest BCUT2D eigenvalue weighted by atomic mass is 19.1. The monoisotopic (exact) mass is 262 g/mol. The molecule has 0 amide bonds. The van der Waals surface area contributed by atoms with E-state index in [9.17, 15) is 9.50 Å². The lowest BCUT2D eigenvalue weighted by Gasteiger charge is -2.19. The van der Waals surface area contributed by atoms with Gasteiger partial charge in [0.15, 0.2) is 0 Å². The maximum Gasteiger partial charge on any atom is 0.235 e. The molecule has 0 aromatic carbocycles. The number of nitrogens with zero attached hydrogens (tertiary/aromatic N) is 3. The van der Waals surface area contributed by atoms with E-state index < -0.39 is 11.7 Å². The van der Waals surface area contributed by atoms with Crippen molar-refractivity contribution >= 4 is 22.9 Å². The zero-order valence-corrected chi connectivity index (χ0v) is 10.4. The van der Waals surface area contributed by atoms with Crippen molar-refractivity contribution in [2.75, 3.05) is 18.0 Å². The molecule has 3 rings (SSSR count). The smallest absolute Gasteiger partial charge is 0.235 e. The number of aromatic nitrogens is 2. The van der Waals surface area contributed by atoms with Crippen LogP contribution in [-0.4, -0.2) is 33.8 Å². The van der Waals surface area contributed by atoms with Crippen molar-refractivity contribution in [1.29, 1.82) is 0 Å². The summed E-state index contributed by atoms with van der Waals surface area (Å²) < 4.78 is 15.2. The molecule has 0 bridgehead atoms. The Kier molecular flexibility index (Phi) is 2.67. The second-order valence-electron chi connectivity index (χ2n) is 4.71. The number of nitrogens with two attached hydrogens (primary N) is 1. The highest BCUT2D eigenvalue weighted by Gasteiger charge is 2.25. The van der Waals surface area contributed by atoms with E-state index in [0.717, 1.165) is 18.7 Å². The topological polar surface area (TPSA) is 67.3 Å². The summed E-state index contributed by atoms with van der Waals surface area (Å²) in [5.41, 5.74) is 7.40. The Morgan fingerprint density at radius 2 is 2.37 bits per heavy atom. The molecule has 1 saturated heterocycles. The van der Waals surface area contributed by atoms with Gasteiger partial charge >= 0.3 is 0 Å². The molecule has 1 aliphatic heterocycles. The molecule has 5 nitrogen and oxygen atoms in total. The lowest BCUT2D eigenvalue weighted by molar-refractivity contribution is 0.412. The van der Waals surface area contributed by atoms with Crippen LogP contribution in [-0.2, 0) is 0 Å². The molecule has 0 aliphatic carbocycles. The minimum atomic E-state index is -0.722. The van der Waals surface area contributed by atoms with Gasteiger partial charge in [-0.1, -0.05) is 6.58 Å². The number of anilines is 1. The minimum Gasteiger partial charge on any atom is -0.492 e. The molecule has 6 heteroatoms. The van der Waals surface area contributed by atoms with Crippen LogP contribution < -0.4 is 10.6 Å². The third kappa shape index (κ3) is 1.67. The summed E-state index contributed by atoms with van der Waals surface area (Å²) in [6.07, 6.45) is 3.81. The minimum absolute atomic E-state index is 0.119. The fourth-order valence-electron chi connectivity index (χ4n) is 2.60. The molecule has 1 fully saturated rings. The SMILES string of the molecule is C=Cn1c(O)c(F)c2nccc(N3CCC(N)C3)c21. The van der Waals surface area contributed by atoms with Crippen LogP contribution in [0.4, 0.5) is 10.1 Å². The van der Waals surface area contributed by atoms with Crippen LogP contribution in [0.5, 0.6) is 5.88 Å². The standard InChI is InChI=1S/C13H15FN4O/c1-2-18-12-9(17-6-4-8(15)7-17)3-5-16-11(12)10(14)13(18)19/h2-3,5,8,19H,1,4,6-7,15H2. The Morgan fingerprint density at radius 3 is 3.00 bits per heavy atom. The Hall–Kier alpha value is -2.08. The number of halogens is 1. The van der Waals surface area contributed by atoms with E-state index in [2.05, 4.69) is 16.5 Å². The first kappa shape index (κ1) is 12.0. The van der Waals surface area contributed by atoms with Crippen molar-refractivity contribution < 1.29 is 9.50 Å². The quantitative estimate of drug-likeness (QED) is 0.861. The van der Waals surface area contributed by atoms with Crippen LogP contribution in [0.3, 0.4) is 0 Å². The Morgan fingerprint density at radius 1 is 1.58 bits per heavy atom. The Bertz CT molecular complexity index is 652. The summed E-state index contributed by atoms with van der Waals surface area (Å²) in [6.45, 7) is 5.13. The molecule has 0 saturated carbocycles. The predicted octanol–water partition coefficient (Wildman–Crippen LogP) is 1.52. The van der Waals surface area contributed by atoms with Gasteiger partial charge in [0, 0.05) is 31.5 Å². The van der Waals surface area contributed by atoms with Gasteiger partial charge in [-0.2, -0.15) is 4.39 Å². The van der Waals surface area contributed by atoms with E-state index in [4.69, 9.17) is 5.73 Å². The predicted molar refractivity (Wildman–Crippen MR) is 72.5 cm³/mol. The molecule has 19 heavy (non-hydrogen) atoms. The zero-order valence-electron chi connectivity index (χ0n) is 10.4. The number of hydrogen-bond acceptors (Lipinski definition) is 4. The van der Waals surface area contributed by atoms with Gasteiger partial charge in [-0.15, -0.1) is 0 Å². The van der Waals surface area contributed by atoms with E-state index in [1.54, 1.807) is 6.07 Å². The molecule has 2 aromatic heterocycles. The second kappa shape index (κ2) is 4.24. The molecule has 1 unspecified atom stereocenters. The average molecular weight is 262 g/mol. The molecule has 3 N–H and O–H groups in total. The summed E-state index contributed by atoms with van der Waals surface area (Å²) in [4.78, 5) is 6.08. The van der Waals surface area contributed by atoms with E-state index >= 15 is 0 Å². The largest absolute Gasteiger partial charge is 0.492 e. The molecule has 0 radical (unpaired) electrons. The summed E-state index contributed by atoms with van der Waals surface area (Å²) in [5.74, 6) is -1.19. The van der Waals surface area contributed by atoms with Crippen molar-refractivity contribution in [3.05, 3.63) is 24.7 Å². The highest BCUT2D eigenvalue weighted by molar-refractivity contribution is 5.93. The van der Waals surface area contributed by atoms with E-state index in [1.807, 2.05) is 0 Å². The van der Waals surface area contributed by atoms with Crippen molar-refractivity contribution in [1.82, 2.24) is 9.55 Å². The van der Waals surface area contributed by atoms with Crippen LogP contribution >= 0.6 is 0 Å². The molecule has 1 aliphatic rings. The first-order valence-electron chi connectivity index (χ1n) is 6.14. The van der Waals surface area contributed by atoms with Gasteiger partial charge in [-0.25, -0.2) is 0 Å². The lowest BCUT2D eigenvalue weighted by Crippen LogP contribution is -2.26. The van der Waals surface area contributed by atoms with Gasteiger partial charge in [0.2, 0.25) is 11.7 Å². The van der Waals surface area contributed by atoms with Gasteiger partial charge in [0.1, 0.15) is 11.0 Å². The van der Waals surface area contributed by atoms with Gasteiger partial charge in [0.25, 0.3) is 0 Å². The third-order valence-electron chi connectivity index (χ3n) is 3.52. The van der Waals surface area contributed by atoms with E-state index in [-0.39, 0.29) is 11.6 Å². The van der Waals surface area contributed by atoms with Crippen LogP contribution in [0.25, 0.3) is 17.2 Å². The van der Waals surface area contributed by atoms with Crippen molar-refractivity contribution in [3.8, 4) is 5.88 Å². The van der Waals surface area contributed by atoms with Crippen molar-refractivity contribution in [3.63, 3.8) is 0 Å². The first-order chi connectivity index (χ1) is 9.13. The van der Waals surface area contributed by atoms with Crippen molar-refractivity contribution in [2.24, 2.45) is 5.73 Å². The summed E-state index contributed by atoms with van der Waals surface area (Å²) in [7, 11) is 0. The highest BCUT2D eigenvalue weighted by Crippen LogP contribution is 2.35. The van der Waals surface area contributed by atoms with Crippen molar-refractivity contribution in [2.45, 2.75) is 12.5 Å². The molecule has 0 spiro atoms. The summed E-state index contributed by atoms with van der Waals surface area (Å²) in [5, 5.41) is 9.77. The molecule has 1 atom stereocenters. The zero-order chi connectivity index (χ0) is 13.6. The maximum atomic E-state index is 13.9. The molecular formula is C13H15FN4O. The summed E-state index contributed by atoms with van der Waals surface area (Å²) in [6, 6.07) is 1.92. The first-order valence-corrected chi connectivity index (χ1v) is 6.14. The molecule has 100 valence electrons. The Balaban J connectivity index is 2.25. The summed E-state index contributed by atoms with van der Waals surface area (Å²) >= 11 is 0. The van der Waals surface area contributed by atoms with Gasteiger partial charge in [-0.05, 0) is 12.5 Å². The number of fused-ring (bicyclic) bond motifs is 1. The fourth-order valence-corrected chi connectivity index (χ4v) is 2.60. The molecule has 3 heterocycles. The normalized spacial score (nSPS) is 19.3. The van der Waals surface area contributed by atoms with E-state index in [1.165, 1.54) is 17.0 Å². The van der Waals surface area contributed by atoms with Crippen LogP contribution in [0.1, 0.15) is 6.42 Å². The maximum absolute atomic E-state index is 13.9. The lowest BCUT2D eigenvalue weighted by atomic mass is 10.3. The van der Waals surface area contributed by atoms with Crippen LogP contribution in [0.2, 0.25) is 0 Å². The van der Waals surface area contributed by atoms with Crippen LogP contribution in [0.15, 0.2) is 18.8 Å². The fraction of sp³-hybridized carbons (Fsp3) is 0.308. The molecule has 2 aromatic rings. The number of rotatable bonds is 2. The number of aromatic hydroxyl groups is 1. The van der Waals surface area contributed by atoms with Gasteiger partial charge < -0.3 is 15.7 Å². The van der Waals surface area contributed by atoms with Gasteiger partial charge in [0.05, 0.1) is 5.69 Å². The number of pyridine rings is 1. The van der Waals surface area contributed by atoms with Crippen LogP contribution in [0, 0.1) is 5.82 Å². The Labute approximate surface area is 109 Å². The second-order valence-corrected chi connectivity index (χ2v) is 4.71. The molecular weight excluding hydrogens is 247 g/mol. The number of hydrogen-bond donors (Lipinski definition) is 2.